The van der Waals surface area contributed by atoms with E-state index in [1.54, 1.807) is 26.6 Å². The fourth-order valence-corrected chi connectivity index (χ4v) is 4.61. The molecule has 0 saturated carbocycles. The zero-order valence-electron chi connectivity index (χ0n) is 17.9. The smallest absolute Gasteiger partial charge is 0.233 e. The number of ether oxygens (including phenoxy) is 2. The van der Waals surface area contributed by atoms with Gasteiger partial charge in [-0.3, -0.25) is 9.78 Å². The summed E-state index contributed by atoms with van der Waals surface area (Å²) in [5.41, 5.74) is 3.25. The first kappa shape index (κ1) is 21.2. The van der Waals surface area contributed by atoms with E-state index in [1.165, 1.54) is 17.3 Å². The van der Waals surface area contributed by atoms with Gasteiger partial charge in [0.05, 0.1) is 20.0 Å². The Labute approximate surface area is 185 Å². The van der Waals surface area contributed by atoms with Crippen LogP contribution in [0.25, 0.3) is 11.4 Å². The highest BCUT2D eigenvalue weighted by Crippen LogP contribution is 2.33. The Hall–Kier alpha value is -3.07. The van der Waals surface area contributed by atoms with Crippen LogP contribution < -0.4 is 9.47 Å². The third kappa shape index (κ3) is 4.36. The molecule has 1 amide bonds. The van der Waals surface area contributed by atoms with Crippen molar-refractivity contribution in [1.82, 2.24) is 24.6 Å². The zero-order chi connectivity index (χ0) is 21.8. The third-order valence-corrected chi connectivity index (χ3v) is 6.32. The Kier molecular flexibility index (Phi) is 6.41. The highest BCUT2D eigenvalue weighted by Gasteiger charge is 2.24. The molecule has 1 aromatic carbocycles. The molecule has 0 atom stereocenters. The van der Waals surface area contributed by atoms with Gasteiger partial charge in [0.15, 0.2) is 22.5 Å². The first-order chi connectivity index (χ1) is 15.1. The summed E-state index contributed by atoms with van der Waals surface area (Å²) < 4.78 is 12.8. The third-order valence-electron chi connectivity index (χ3n) is 5.37. The van der Waals surface area contributed by atoms with Gasteiger partial charge in [0, 0.05) is 37.6 Å². The highest BCUT2D eigenvalue weighted by molar-refractivity contribution is 7.99. The van der Waals surface area contributed by atoms with Crippen LogP contribution >= 0.6 is 11.8 Å². The number of carbonyl (C=O) groups excluding carboxylic acids is 1. The maximum absolute atomic E-state index is 12.9. The van der Waals surface area contributed by atoms with Gasteiger partial charge >= 0.3 is 0 Å². The summed E-state index contributed by atoms with van der Waals surface area (Å²) in [5.74, 6) is 2.59. The topological polar surface area (TPSA) is 82.4 Å². The zero-order valence-corrected chi connectivity index (χ0v) is 18.7. The molecule has 0 spiro atoms. The summed E-state index contributed by atoms with van der Waals surface area (Å²) >= 11 is 1.42. The first-order valence-corrected chi connectivity index (χ1v) is 11.1. The molecule has 0 saturated heterocycles. The van der Waals surface area contributed by atoms with Crippen molar-refractivity contribution in [2.24, 2.45) is 0 Å². The van der Waals surface area contributed by atoms with Crippen molar-refractivity contribution in [2.45, 2.75) is 31.6 Å². The van der Waals surface area contributed by atoms with Gasteiger partial charge in [-0.2, -0.15) is 0 Å². The molecule has 0 bridgehead atoms. The lowest BCUT2D eigenvalue weighted by Gasteiger charge is -2.29. The summed E-state index contributed by atoms with van der Waals surface area (Å²) in [7, 11) is 3.26. The number of amides is 1. The normalized spacial score (nSPS) is 13.1. The average Bonchev–Trinajstić information content (AvgIpc) is 3.24. The van der Waals surface area contributed by atoms with Crippen LogP contribution in [0.4, 0.5) is 0 Å². The minimum absolute atomic E-state index is 0.0848. The van der Waals surface area contributed by atoms with Gasteiger partial charge in [0.1, 0.15) is 0 Å². The molecule has 0 N–H and O–H groups in total. The van der Waals surface area contributed by atoms with Crippen molar-refractivity contribution in [2.75, 3.05) is 26.5 Å². The number of methoxy groups -OCH3 is 2. The van der Waals surface area contributed by atoms with Crippen molar-refractivity contribution in [3.8, 4) is 22.9 Å². The summed E-state index contributed by atoms with van der Waals surface area (Å²) in [6.45, 7) is 4.02. The second-order valence-electron chi connectivity index (χ2n) is 7.12. The summed E-state index contributed by atoms with van der Waals surface area (Å²) in [6, 6.07) is 7.79. The Bertz CT molecular complexity index is 1070. The number of benzene rings is 1. The van der Waals surface area contributed by atoms with Gasteiger partial charge in [0.2, 0.25) is 5.91 Å². The number of fused-ring (bicyclic) bond motifs is 1. The van der Waals surface area contributed by atoms with Crippen molar-refractivity contribution >= 4 is 17.7 Å². The molecule has 162 valence electrons. The number of nitrogens with zero attached hydrogens (tertiary/aromatic N) is 5. The molecule has 8 nitrogen and oxygen atoms in total. The van der Waals surface area contributed by atoms with Gasteiger partial charge in [0.25, 0.3) is 0 Å². The van der Waals surface area contributed by atoms with Crippen molar-refractivity contribution < 1.29 is 14.3 Å². The van der Waals surface area contributed by atoms with Gasteiger partial charge < -0.3 is 18.9 Å². The summed E-state index contributed by atoms with van der Waals surface area (Å²) in [5, 5.41) is 9.38. The Morgan fingerprint density at radius 3 is 2.48 bits per heavy atom. The molecule has 0 unspecified atom stereocenters. The van der Waals surface area contributed by atoms with Crippen LogP contribution in [0.5, 0.6) is 11.5 Å². The van der Waals surface area contributed by atoms with Crippen LogP contribution in [0.2, 0.25) is 0 Å². The lowest BCUT2D eigenvalue weighted by atomic mass is 9.99. The van der Waals surface area contributed by atoms with E-state index in [0.29, 0.717) is 24.6 Å². The molecule has 1 aliphatic rings. The van der Waals surface area contributed by atoms with Crippen LogP contribution in [0.1, 0.15) is 18.1 Å². The van der Waals surface area contributed by atoms with Gasteiger partial charge in [-0.1, -0.05) is 11.8 Å². The first-order valence-electron chi connectivity index (χ1n) is 10.1. The number of hydrogen-bond donors (Lipinski definition) is 0. The van der Waals surface area contributed by atoms with Crippen LogP contribution in [0, 0.1) is 0 Å². The number of aromatic nitrogens is 4. The molecule has 31 heavy (non-hydrogen) atoms. The molecule has 3 heterocycles. The van der Waals surface area contributed by atoms with E-state index >= 15 is 0 Å². The van der Waals surface area contributed by atoms with Crippen molar-refractivity contribution in [1.29, 1.82) is 0 Å². The lowest BCUT2D eigenvalue weighted by Crippen LogP contribution is -2.37. The van der Waals surface area contributed by atoms with E-state index in [-0.39, 0.29) is 5.91 Å². The molecule has 1 aliphatic heterocycles. The molecule has 0 radical (unpaired) electrons. The van der Waals surface area contributed by atoms with E-state index in [9.17, 15) is 4.79 Å². The molecular weight excluding hydrogens is 414 g/mol. The van der Waals surface area contributed by atoms with E-state index in [0.717, 1.165) is 40.8 Å². The standard InChI is InChI=1S/C22H25N5O3S/c1-4-27-21(15-5-8-23-9-6-15)24-25-22(27)31-14-20(28)26-10-7-16-11-18(29-2)19(30-3)12-17(16)13-26/h5-6,8-9,11-12H,4,7,10,13-14H2,1-3H3. The maximum atomic E-state index is 12.9. The maximum Gasteiger partial charge on any atom is 0.233 e. The minimum atomic E-state index is 0.0848. The van der Waals surface area contributed by atoms with Crippen molar-refractivity contribution in [3.63, 3.8) is 0 Å². The summed E-state index contributed by atoms with van der Waals surface area (Å²) in [4.78, 5) is 18.9. The van der Waals surface area contributed by atoms with Crippen LogP contribution in [-0.4, -0.2) is 57.1 Å². The second-order valence-corrected chi connectivity index (χ2v) is 8.06. The second kappa shape index (κ2) is 9.38. The number of pyridine rings is 1. The fraction of sp³-hybridized carbons (Fsp3) is 0.364. The number of rotatable bonds is 7. The molecule has 9 heteroatoms. The molecule has 3 aromatic rings. The highest BCUT2D eigenvalue weighted by atomic mass is 32.2. The SMILES string of the molecule is CCn1c(SCC(=O)N2CCc3cc(OC)c(OC)cc3C2)nnc1-c1ccncc1. The number of hydrogen-bond acceptors (Lipinski definition) is 7. The van der Waals surface area contributed by atoms with E-state index in [4.69, 9.17) is 9.47 Å². The van der Waals surface area contributed by atoms with Crippen LogP contribution in [0.3, 0.4) is 0 Å². The average molecular weight is 440 g/mol. The minimum Gasteiger partial charge on any atom is -0.493 e. The van der Waals surface area contributed by atoms with Crippen LogP contribution in [-0.2, 0) is 24.3 Å². The monoisotopic (exact) mass is 439 g/mol. The van der Waals surface area contributed by atoms with Gasteiger partial charge in [-0.15, -0.1) is 10.2 Å². The predicted molar refractivity (Wildman–Crippen MR) is 118 cm³/mol. The molecule has 4 rings (SSSR count). The molecule has 0 aliphatic carbocycles. The van der Waals surface area contributed by atoms with Gasteiger partial charge in [-0.25, -0.2) is 0 Å². The van der Waals surface area contributed by atoms with Gasteiger partial charge in [-0.05, 0) is 48.7 Å². The molecule has 0 fully saturated rings. The Balaban J connectivity index is 1.44. The number of carbonyl (C=O) groups is 1. The quantitative estimate of drug-likeness (QED) is 0.523. The Morgan fingerprint density at radius 2 is 1.81 bits per heavy atom. The molecular formula is C22H25N5O3S. The van der Waals surface area contributed by atoms with Crippen LogP contribution in [0.15, 0.2) is 41.8 Å². The fourth-order valence-electron chi connectivity index (χ4n) is 3.71. The van der Waals surface area contributed by atoms with Crippen molar-refractivity contribution in [3.05, 3.63) is 47.8 Å². The number of thioether (sulfide) groups is 1. The Morgan fingerprint density at radius 1 is 1.10 bits per heavy atom. The predicted octanol–water partition coefficient (Wildman–Crippen LogP) is 3.05. The largest absolute Gasteiger partial charge is 0.493 e. The summed E-state index contributed by atoms with van der Waals surface area (Å²) in [6.07, 6.45) is 4.27. The lowest BCUT2D eigenvalue weighted by molar-refractivity contribution is -0.129. The van der Waals surface area contributed by atoms with E-state index in [1.807, 2.05) is 40.7 Å². The van der Waals surface area contributed by atoms with E-state index < -0.39 is 0 Å². The van der Waals surface area contributed by atoms with E-state index in [2.05, 4.69) is 15.2 Å². The molecule has 2 aromatic heterocycles.